The van der Waals surface area contributed by atoms with Crippen LogP contribution in [0.25, 0.3) is 0 Å². The van der Waals surface area contributed by atoms with E-state index in [9.17, 15) is 14.7 Å². The van der Waals surface area contributed by atoms with Crippen molar-refractivity contribution in [1.82, 2.24) is 0 Å². The van der Waals surface area contributed by atoms with Crippen molar-refractivity contribution < 1.29 is 14.7 Å². The van der Waals surface area contributed by atoms with E-state index in [-0.39, 0.29) is 11.5 Å². The number of amides is 1. The lowest BCUT2D eigenvalue weighted by atomic mass is 10.1. The molecule has 0 saturated heterocycles. The number of carbonyl (C=O) groups excluding carboxylic acids is 1. The van der Waals surface area contributed by atoms with E-state index < -0.39 is 5.97 Å². The van der Waals surface area contributed by atoms with Gasteiger partial charge in [0.25, 0.3) is 5.91 Å². The highest BCUT2D eigenvalue weighted by atomic mass is 35.5. The molecule has 7 heteroatoms. The third-order valence-electron chi connectivity index (χ3n) is 3.47. The lowest BCUT2D eigenvalue weighted by molar-refractivity contribution is 0.0697. The average molecular weight is 342 g/mol. The largest absolute Gasteiger partial charge is 0.478 e. The van der Waals surface area contributed by atoms with Crippen LogP contribution in [0.15, 0.2) is 5.38 Å². The molecule has 0 aliphatic heterocycles. The fourth-order valence-corrected chi connectivity index (χ4v) is 4.91. The van der Waals surface area contributed by atoms with E-state index in [1.807, 2.05) is 12.3 Å². The Kier molecular flexibility index (Phi) is 3.77. The summed E-state index contributed by atoms with van der Waals surface area (Å²) >= 11 is 8.71. The van der Waals surface area contributed by atoms with E-state index in [1.165, 1.54) is 22.7 Å². The van der Waals surface area contributed by atoms with Crippen LogP contribution in [-0.4, -0.2) is 17.0 Å². The molecule has 2 N–H and O–H groups in total. The third-order valence-corrected chi connectivity index (χ3v) is 6.37. The number of carboxylic acids is 1. The first-order valence-corrected chi connectivity index (χ1v) is 8.49. The van der Waals surface area contributed by atoms with E-state index in [1.54, 1.807) is 0 Å². The molecule has 2 aromatic rings. The molecule has 0 unspecified atom stereocenters. The quantitative estimate of drug-likeness (QED) is 0.878. The normalized spacial score (nSPS) is 13.2. The summed E-state index contributed by atoms with van der Waals surface area (Å²) in [7, 11) is 0. The molecular weight excluding hydrogens is 330 g/mol. The zero-order valence-corrected chi connectivity index (χ0v) is 13.5. The van der Waals surface area contributed by atoms with Crippen molar-refractivity contribution in [2.75, 3.05) is 5.32 Å². The maximum absolute atomic E-state index is 12.3. The van der Waals surface area contributed by atoms with Gasteiger partial charge in [-0.15, -0.1) is 22.7 Å². The summed E-state index contributed by atoms with van der Waals surface area (Å²) in [5, 5.41) is 14.8. The molecule has 0 atom stereocenters. The number of carbonyl (C=O) groups is 2. The van der Waals surface area contributed by atoms with Crippen molar-refractivity contribution in [3.8, 4) is 0 Å². The smallest absolute Gasteiger partial charge is 0.339 e. The number of aryl methyl sites for hydroxylation is 2. The van der Waals surface area contributed by atoms with Gasteiger partial charge >= 0.3 is 5.97 Å². The fourth-order valence-electron chi connectivity index (χ4n) is 2.46. The first kappa shape index (κ1) is 14.6. The van der Waals surface area contributed by atoms with Gasteiger partial charge in [-0.05, 0) is 42.7 Å². The zero-order valence-electron chi connectivity index (χ0n) is 11.2. The van der Waals surface area contributed by atoms with E-state index in [0.29, 0.717) is 14.9 Å². The zero-order chi connectivity index (χ0) is 15.1. The van der Waals surface area contributed by atoms with Gasteiger partial charge in [-0.25, -0.2) is 4.79 Å². The summed E-state index contributed by atoms with van der Waals surface area (Å²) in [6.07, 6.45) is 2.63. The Balaban J connectivity index is 1.94. The van der Waals surface area contributed by atoms with Gasteiger partial charge in [0, 0.05) is 4.88 Å². The molecule has 1 aliphatic rings. The summed E-state index contributed by atoms with van der Waals surface area (Å²) in [5.74, 6) is -1.33. The maximum Gasteiger partial charge on any atom is 0.339 e. The number of rotatable bonds is 3. The molecule has 3 rings (SSSR count). The van der Waals surface area contributed by atoms with Crippen molar-refractivity contribution in [2.24, 2.45) is 0 Å². The van der Waals surface area contributed by atoms with Crippen LogP contribution in [0.1, 0.15) is 42.5 Å². The van der Waals surface area contributed by atoms with Crippen LogP contribution in [-0.2, 0) is 12.8 Å². The van der Waals surface area contributed by atoms with Crippen molar-refractivity contribution in [1.29, 1.82) is 0 Å². The van der Waals surface area contributed by atoms with Gasteiger partial charge < -0.3 is 10.4 Å². The van der Waals surface area contributed by atoms with Crippen molar-refractivity contribution in [2.45, 2.75) is 26.2 Å². The number of fused-ring (bicyclic) bond motifs is 1. The highest BCUT2D eigenvalue weighted by molar-refractivity contribution is 7.17. The number of thiophene rings is 2. The number of nitrogens with one attached hydrogen (secondary N) is 1. The lowest BCUT2D eigenvalue weighted by Crippen LogP contribution is -2.13. The Bertz CT molecular complexity index is 748. The molecule has 2 aromatic heterocycles. The Morgan fingerprint density at radius 2 is 2.14 bits per heavy atom. The summed E-state index contributed by atoms with van der Waals surface area (Å²) in [5.41, 5.74) is 1.96. The number of hydrogen-bond acceptors (Lipinski definition) is 4. The van der Waals surface area contributed by atoms with Crippen LogP contribution in [0.5, 0.6) is 0 Å². The molecular formula is C14H12ClNO3S2. The molecule has 0 aromatic carbocycles. The van der Waals surface area contributed by atoms with Crippen LogP contribution in [0.3, 0.4) is 0 Å². The number of aromatic carboxylic acids is 1. The molecule has 110 valence electrons. The first-order chi connectivity index (χ1) is 9.99. The van der Waals surface area contributed by atoms with Gasteiger partial charge in [-0.1, -0.05) is 11.6 Å². The van der Waals surface area contributed by atoms with Gasteiger partial charge in [0.1, 0.15) is 9.88 Å². The van der Waals surface area contributed by atoms with Crippen LogP contribution < -0.4 is 5.32 Å². The molecule has 4 nitrogen and oxygen atoms in total. The highest BCUT2D eigenvalue weighted by Crippen LogP contribution is 2.39. The molecule has 1 aliphatic carbocycles. The number of carboxylic acid groups (broad SMARTS) is 1. The minimum absolute atomic E-state index is 0.241. The highest BCUT2D eigenvalue weighted by Gasteiger charge is 2.28. The van der Waals surface area contributed by atoms with Gasteiger partial charge in [-0.3, -0.25) is 4.79 Å². The molecule has 1 amide bonds. The van der Waals surface area contributed by atoms with Crippen LogP contribution in [0.2, 0.25) is 5.02 Å². The Morgan fingerprint density at radius 3 is 2.76 bits per heavy atom. The summed E-state index contributed by atoms with van der Waals surface area (Å²) in [6, 6.07) is 0. The van der Waals surface area contributed by atoms with E-state index in [2.05, 4.69) is 5.32 Å². The van der Waals surface area contributed by atoms with Gasteiger partial charge in [-0.2, -0.15) is 0 Å². The number of anilines is 1. The van der Waals surface area contributed by atoms with Crippen molar-refractivity contribution in [3.05, 3.63) is 36.8 Å². The maximum atomic E-state index is 12.3. The van der Waals surface area contributed by atoms with Crippen molar-refractivity contribution >= 4 is 51.2 Å². The second kappa shape index (κ2) is 5.44. The van der Waals surface area contributed by atoms with Crippen LogP contribution >= 0.6 is 34.3 Å². The van der Waals surface area contributed by atoms with Crippen molar-refractivity contribution in [3.63, 3.8) is 0 Å². The predicted molar refractivity (Wildman–Crippen MR) is 85.3 cm³/mol. The average Bonchev–Trinajstić information content (AvgIpc) is 3.05. The molecule has 2 heterocycles. The predicted octanol–water partition coefficient (Wildman–Crippen LogP) is 4.21. The Hall–Kier alpha value is -1.37. The Labute approximate surface area is 134 Å². The van der Waals surface area contributed by atoms with E-state index in [4.69, 9.17) is 11.6 Å². The second-order valence-electron chi connectivity index (χ2n) is 4.88. The monoisotopic (exact) mass is 341 g/mol. The topological polar surface area (TPSA) is 66.4 Å². The minimum Gasteiger partial charge on any atom is -0.478 e. The van der Waals surface area contributed by atoms with E-state index >= 15 is 0 Å². The molecule has 21 heavy (non-hydrogen) atoms. The van der Waals surface area contributed by atoms with Gasteiger partial charge in [0.15, 0.2) is 0 Å². The standard InChI is InChI=1S/C14H12ClNO3S2/c1-6-5-20-11(10(6)15)12(17)16-13-9(14(18)19)7-3-2-4-8(7)21-13/h5H,2-4H2,1H3,(H,16,17)(H,18,19). The molecule has 0 radical (unpaired) electrons. The summed E-state index contributed by atoms with van der Waals surface area (Å²) in [6.45, 7) is 1.83. The van der Waals surface area contributed by atoms with Crippen LogP contribution in [0.4, 0.5) is 5.00 Å². The fraction of sp³-hybridized carbons (Fsp3) is 0.286. The summed E-state index contributed by atoms with van der Waals surface area (Å²) in [4.78, 5) is 25.2. The van der Waals surface area contributed by atoms with E-state index in [0.717, 1.165) is 35.3 Å². The molecule has 0 saturated carbocycles. The minimum atomic E-state index is -0.988. The van der Waals surface area contributed by atoms with Crippen LogP contribution in [0, 0.1) is 6.92 Å². The molecule has 0 fully saturated rings. The SMILES string of the molecule is Cc1csc(C(=O)Nc2sc3c(c2C(=O)O)CCC3)c1Cl. The number of halogens is 1. The Morgan fingerprint density at radius 1 is 1.38 bits per heavy atom. The van der Waals surface area contributed by atoms with Gasteiger partial charge in [0.05, 0.1) is 10.6 Å². The summed E-state index contributed by atoms with van der Waals surface area (Å²) < 4.78 is 0. The second-order valence-corrected chi connectivity index (χ2v) is 7.25. The first-order valence-electron chi connectivity index (χ1n) is 6.41. The third kappa shape index (κ3) is 2.47. The lowest BCUT2D eigenvalue weighted by Gasteiger charge is -2.04. The molecule has 0 bridgehead atoms. The van der Waals surface area contributed by atoms with Gasteiger partial charge in [0.2, 0.25) is 0 Å². The molecule has 0 spiro atoms. The number of hydrogen-bond donors (Lipinski definition) is 2.